The fourth-order valence-corrected chi connectivity index (χ4v) is 4.23. The van der Waals surface area contributed by atoms with Crippen molar-refractivity contribution in [3.8, 4) is 0 Å². The van der Waals surface area contributed by atoms with Crippen molar-refractivity contribution in [2.24, 2.45) is 0 Å². The number of unbranched alkanes of at least 4 members (excludes halogenated alkanes) is 19. The molecule has 0 N–H and O–H groups in total. The molecule has 0 rings (SSSR count). The van der Waals surface area contributed by atoms with Gasteiger partial charge in [0.25, 0.3) is 0 Å². The number of hydrogen-bond donors (Lipinski definition) is 0. The van der Waals surface area contributed by atoms with Crippen LogP contribution in [0.3, 0.4) is 0 Å². The Balaban J connectivity index is 3.31. The molecule has 184 valence electrons. The van der Waals surface area contributed by atoms with Gasteiger partial charge in [-0.15, -0.1) is 0 Å². The average molecular weight is 436 g/mol. The molecule has 0 fully saturated rings. The molecule has 0 aliphatic carbocycles. The van der Waals surface area contributed by atoms with Crippen molar-refractivity contribution in [2.75, 3.05) is 13.1 Å². The first kappa shape index (κ1) is 30.2. The topological polar surface area (TPSA) is 20.3 Å². The van der Waals surface area contributed by atoms with E-state index in [1.165, 1.54) is 141 Å². The summed E-state index contributed by atoms with van der Waals surface area (Å²) >= 11 is 0. The van der Waals surface area contributed by atoms with Gasteiger partial charge >= 0.3 is 0 Å². The van der Waals surface area contributed by atoms with Crippen LogP contribution in [0.4, 0.5) is 0 Å². The van der Waals surface area contributed by atoms with Crippen LogP contribution in [0.25, 0.3) is 0 Å². The third-order valence-electron chi connectivity index (χ3n) is 6.41. The zero-order chi connectivity index (χ0) is 22.7. The molecular formula is C29H57NO. The number of amides is 1. The van der Waals surface area contributed by atoms with Crippen molar-refractivity contribution < 1.29 is 4.79 Å². The maximum Gasteiger partial charge on any atom is 0.209 e. The van der Waals surface area contributed by atoms with Crippen LogP contribution in [0.1, 0.15) is 155 Å². The molecular weight excluding hydrogens is 378 g/mol. The summed E-state index contributed by atoms with van der Waals surface area (Å²) in [5.74, 6) is 0. The molecule has 31 heavy (non-hydrogen) atoms. The van der Waals surface area contributed by atoms with Crippen LogP contribution < -0.4 is 0 Å². The van der Waals surface area contributed by atoms with Crippen molar-refractivity contribution >= 4 is 6.41 Å². The van der Waals surface area contributed by atoms with Crippen LogP contribution in [-0.2, 0) is 4.79 Å². The third-order valence-corrected chi connectivity index (χ3v) is 6.41. The number of rotatable bonds is 26. The molecule has 0 aliphatic rings. The Labute approximate surface area is 196 Å². The zero-order valence-corrected chi connectivity index (χ0v) is 21.6. The van der Waals surface area contributed by atoms with Gasteiger partial charge in [-0.25, -0.2) is 0 Å². The molecule has 0 saturated heterocycles. The van der Waals surface area contributed by atoms with Gasteiger partial charge in [0.05, 0.1) is 0 Å². The molecule has 0 bridgehead atoms. The highest BCUT2D eigenvalue weighted by molar-refractivity contribution is 5.46. The molecule has 0 saturated carbocycles. The van der Waals surface area contributed by atoms with Crippen molar-refractivity contribution in [3.63, 3.8) is 0 Å². The Morgan fingerprint density at radius 2 is 0.774 bits per heavy atom. The van der Waals surface area contributed by atoms with E-state index in [1.807, 2.05) is 4.90 Å². The van der Waals surface area contributed by atoms with E-state index < -0.39 is 0 Å². The van der Waals surface area contributed by atoms with Gasteiger partial charge in [0, 0.05) is 13.1 Å². The van der Waals surface area contributed by atoms with E-state index in [4.69, 9.17) is 0 Å². The third kappa shape index (κ3) is 25.3. The van der Waals surface area contributed by atoms with E-state index in [0.29, 0.717) is 0 Å². The van der Waals surface area contributed by atoms with Gasteiger partial charge < -0.3 is 4.90 Å². The molecule has 0 unspecified atom stereocenters. The summed E-state index contributed by atoms with van der Waals surface area (Å²) in [5, 5.41) is 0. The molecule has 2 nitrogen and oxygen atoms in total. The summed E-state index contributed by atoms with van der Waals surface area (Å²) in [5.41, 5.74) is 0. The van der Waals surface area contributed by atoms with Gasteiger partial charge in [0.1, 0.15) is 0 Å². The van der Waals surface area contributed by atoms with Crippen LogP contribution in [-0.4, -0.2) is 24.4 Å². The second kappa shape index (κ2) is 27.2. The SMILES string of the molecule is CCCCCCCC/C=C\CCCCCCCCN(C=O)CCCCCCCCCC. The quantitative estimate of drug-likeness (QED) is 0.0752. The molecule has 1 amide bonds. The predicted molar refractivity (Wildman–Crippen MR) is 140 cm³/mol. The molecule has 0 aliphatic heterocycles. The number of hydrogen-bond acceptors (Lipinski definition) is 1. The Hall–Kier alpha value is -0.790. The van der Waals surface area contributed by atoms with Crippen LogP contribution in [0.2, 0.25) is 0 Å². The molecule has 0 radical (unpaired) electrons. The lowest BCUT2D eigenvalue weighted by Crippen LogP contribution is -2.24. The van der Waals surface area contributed by atoms with Crippen molar-refractivity contribution in [1.82, 2.24) is 4.90 Å². The van der Waals surface area contributed by atoms with Crippen LogP contribution in [0.5, 0.6) is 0 Å². The summed E-state index contributed by atoms with van der Waals surface area (Å²) in [6, 6.07) is 0. The highest BCUT2D eigenvalue weighted by Crippen LogP contribution is 2.11. The highest BCUT2D eigenvalue weighted by atomic mass is 16.1. The maximum absolute atomic E-state index is 11.3. The maximum atomic E-state index is 11.3. The first-order valence-corrected chi connectivity index (χ1v) is 14.2. The molecule has 0 aromatic carbocycles. The standard InChI is InChI=1S/C29H57NO/c1-3-5-7-9-11-13-14-15-16-17-18-19-20-22-24-26-28-30(29-31)27-25-23-21-12-10-8-6-4-2/h15-16,29H,3-14,17-28H2,1-2H3/b16-15-. The zero-order valence-electron chi connectivity index (χ0n) is 21.6. The average Bonchev–Trinajstić information content (AvgIpc) is 2.79. The minimum Gasteiger partial charge on any atom is -0.345 e. The minimum absolute atomic E-state index is 0.960. The Morgan fingerprint density at radius 3 is 1.13 bits per heavy atom. The lowest BCUT2D eigenvalue weighted by Gasteiger charge is -2.17. The molecule has 0 spiro atoms. The van der Waals surface area contributed by atoms with E-state index >= 15 is 0 Å². The smallest absolute Gasteiger partial charge is 0.209 e. The summed E-state index contributed by atoms with van der Waals surface area (Å²) in [4.78, 5) is 13.3. The van der Waals surface area contributed by atoms with E-state index in [-0.39, 0.29) is 0 Å². The fourth-order valence-electron chi connectivity index (χ4n) is 4.23. The first-order valence-electron chi connectivity index (χ1n) is 14.2. The number of nitrogens with zero attached hydrogens (tertiary/aromatic N) is 1. The van der Waals surface area contributed by atoms with Crippen LogP contribution >= 0.6 is 0 Å². The van der Waals surface area contributed by atoms with Crippen molar-refractivity contribution in [2.45, 2.75) is 155 Å². The fraction of sp³-hybridized carbons (Fsp3) is 0.897. The summed E-state index contributed by atoms with van der Waals surface area (Å²) in [6.07, 6.45) is 35.3. The molecule has 0 aromatic heterocycles. The molecule has 0 heterocycles. The van der Waals surface area contributed by atoms with Gasteiger partial charge in [-0.2, -0.15) is 0 Å². The minimum atomic E-state index is 0.960. The van der Waals surface area contributed by atoms with Crippen molar-refractivity contribution in [3.05, 3.63) is 12.2 Å². The van der Waals surface area contributed by atoms with E-state index in [2.05, 4.69) is 26.0 Å². The van der Waals surface area contributed by atoms with Gasteiger partial charge in [-0.3, -0.25) is 4.79 Å². The summed E-state index contributed by atoms with van der Waals surface area (Å²) in [6.45, 7) is 6.47. The summed E-state index contributed by atoms with van der Waals surface area (Å²) < 4.78 is 0. The summed E-state index contributed by atoms with van der Waals surface area (Å²) in [7, 11) is 0. The lowest BCUT2D eigenvalue weighted by molar-refractivity contribution is -0.118. The Bertz CT molecular complexity index is 366. The monoisotopic (exact) mass is 435 g/mol. The van der Waals surface area contributed by atoms with E-state index in [1.54, 1.807) is 0 Å². The largest absolute Gasteiger partial charge is 0.345 e. The first-order chi connectivity index (χ1) is 15.3. The second-order valence-corrected chi connectivity index (χ2v) is 9.55. The number of carbonyl (C=O) groups is 1. The van der Waals surface area contributed by atoms with Gasteiger partial charge in [0.2, 0.25) is 6.41 Å². The van der Waals surface area contributed by atoms with Gasteiger partial charge in [-0.05, 0) is 38.5 Å². The Morgan fingerprint density at radius 1 is 0.452 bits per heavy atom. The predicted octanol–water partition coefficient (Wildman–Crippen LogP) is 9.62. The second-order valence-electron chi connectivity index (χ2n) is 9.55. The Kier molecular flexibility index (Phi) is 26.5. The molecule has 0 aromatic rings. The highest BCUT2D eigenvalue weighted by Gasteiger charge is 2.01. The van der Waals surface area contributed by atoms with E-state index in [0.717, 1.165) is 19.5 Å². The van der Waals surface area contributed by atoms with Crippen LogP contribution in [0, 0.1) is 0 Å². The number of allylic oxidation sites excluding steroid dienone is 2. The van der Waals surface area contributed by atoms with Gasteiger partial charge in [-0.1, -0.05) is 129 Å². The van der Waals surface area contributed by atoms with E-state index in [9.17, 15) is 4.79 Å². The normalized spacial score (nSPS) is 11.4. The molecule has 2 heteroatoms. The lowest BCUT2D eigenvalue weighted by atomic mass is 10.1. The number of carbonyl (C=O) groups excluding carboxylic acids is 1. The van der Waals surface area contributed by atoms with Crippen molar-refractivity contribution in [1.29, 1.82) is 0 Å². The van der Waals surface area contributed by atoms with Crippen LogP contribution in [0.15, 0.2) is 12.2 Å². The molecule has 0 atom stereocenters. The van der Waals surface area contributed by atoms with Gasteiger partial charge in [0.15, 0.2) is 0 Å².